The van der Waals surface area contributed by atoms with Crippen molar-refractivity contribution >= 4 is 0 Å². The van der Waals surface area contributed by atoms with Crippen LogP contribution in [0.2, 0.25) is 0 Å². The summed E-state index contributed by atoms with van der Waals surface area (Å²) in [6.07, 6.45) is 0. The van der Waals surface area contributed by atoms with E-state index in [1.165, 1.54) is 0 Å². The number of hydrogen-bond acceptors (Lipinski definition) is 4. The summed E-state index contributed by atoms with van der Waals surface area (Å²) in [5, 5.41) is 0. The normalized spacial score (nSPS) is 11.0. The Kier molecular flexibility index (Phi) is 9.92. The zero-order valence-electron chi connectivity index (χ0n) is 32.7. The lowest BCUT2D eigenvalue weighted by Crippen LogP contribution is -2.00. The quantitative estimate of drug-likeness (QED) is 0.147. The average Bonchev–Trinajstić information content (AvgIpc) is 3.35. The summed E-state index contributed by atoms with van der Waals surface area (Å²) >= 11 is 0. The molecule has 0 amide bonds. The van der Waals surface area contributed by atoms with Crippen molar-refractivity contribution in [3.05, 3.63) is 231 Å². The van der Waals surface area contributed by atoms with Gasteiger partial charge in [-0.1, -0.05) is 200 Å². The molecule has 0 aliphatic heterocycles. The molecule has 8 aromatic carbocycles. The first-order valence-corrected chi connectivity index (χ1v) is 20.1. The first-order chi connectivity index (χ1) is 29.7. The van der Waals surface area contributed by atoms with Crippen LogP contribution in [0.4, 0.5) is 0 Å². The van der Waals surface area contributed by atoms with Gasteiger partial charge in [0.15, 0.2) is 17.5 Å². The van der Waals surface area contributed by atoms with Crippen LogP contribution in [-0.4, -0.2) is 19.9 Å². The van der Waals surface area contributed by atoms with Crippen molar-refractivity contribution in [1.82, 2.24) is 19.9 Å². The largest absolute Gasteiger partial charge is 0.248 e. The number of benzene rings is 8. The summed E-state index contributed by atoms with van der Waals surface area (Å²) in [4.78, 5) is 19.9. The predicted octanol–water partition coefficient (Wildman–Crippen LogP) is 14.3. The molecule has 0 saturated heterocycles. The number of rotatable bonds is 9. The lowest BCUT2D eigenvalue weighted by molar-refractivity contribution is 1.07. The standard InChI is InChI=1S/C56H38N4/c1-6-16-39(17-7-1)48-34-49(41-26-30-44(31-27-41)53-38-51(40-18-8-2-9-19-40)37-52(57-53)43-20-10-3-11-21-43)36-50(35-48)42-28-32-47(33-29-42)56-59-54(45-22-12-4-13-23-45)58-55(60-56)46-24-14-5-15-25-46/h1-38H. The lowest BCUT2D eigenvalue weighted by atomic mass is 9.92. The van der Waals surface area contributed by atoms with E-state index in [4.69, 9.17) is 19.9 Å². The highest BCUT2D eigenvalue weighted by molar-refractivity contribution is 5.83. The second kappa shape index (κ2) is 16.4. The highest BCUT2D eigenvalue weighted by Gasteiger charge is 2.14. The van der Waals surface area contributed by atoms with Crippen molar-refractivity contribution in [3.8, 4) is 101 Å². The Morgan fingerprint density at radius 2 is 0.400 bits per heavy atom. The van der Waals surface area contributed by atoms with Crippen molar-refractivity contribution in [3.63, 3.8) is 0 Å². The van der Waals surface area contributed by atoms with Crippen LogP contribution in [0.3, 0.4) is 0 Å². The molecule has 0 atom stereocenters. The van der Waals surface area contributed by atoms with Crippen molar-refractivity contribution in [2.24, 2.45) is 0 Å². The van der Waals surface area contributed by atoms with Gasteiger partial charge in [-0.2, -0.15) is 0 Å². The van der Waals surface area contributed by atoms with Crippen LogP contribution in [0.1, 0.15) is 0 Å². The van der Waals surface area contributed by atoms with E-state index >= 15 is 0 Å². The maximum absolute atomic E-state index is 5.17. The molecule has 0 unspecified atom stereocenters. The molecular weight excluding hydrogens is 729 g/mol. The van der Waals surface area contributed by atoms with Crippen LogP contribution in [0.25, 0.3) is 101 Å². The first-order valence-electron chi connectivity index (χ1n) is 20.1. The van der Waals surface area contributed by atoms with Crippen LogP contribution in [-0.2, 0) is 0 Å². The Morgan fingerprint density at radius 1 is 0.167 bits per heavy atom. The lowest BCUT2D eigenvalue weighted by Gasteiger charge is -2.13. The number of hydrogen-bond donors (Lipinski definition) is 0. The van der Waals surface area contributed by atoms with E-state index in [9.17, 15) is 0 Å². The van der Waals surface area contributed by atoms with E-state index < -0.39 is 0 Å². The van der Waals surface area contributed by atoms with Crippen LogP contribution < -0.4 is 0 Å². The third kappa shape index (κ3) is 7.78. The van der Waals surface area contributed by atoms with E-state index in [1.54, 1.807) is 0 Å². The molecule has 282 valence electrons. The molecule has 2 aromatic heterocycles. The molecule has 0 aliphatic carbocycles. The molecule has 0 fully saturated rings. The molecule has 10 aromatic rings. The van der Waals surface area contributed by atoms with Crippen LogP contribution in [0.5, 0.6) is 0 Å². The fourth-order valence-electron chi connectivity index (χ4n) is 7.57. The van der Waals surface area contributed by atoms with E-state index in [1.807, 2.05) is 66.7 Å². The zero-order valence-corrected chi connectivity index (χ0v) is 32.7. The minimum absolute atomic E-state index is 0.632. The van der Waals surface area contributed by atoms with E-state index in [0.717, 1.165) is 83.7 Å². The molecule has 0 radical (unpaired) electrons. The van der Waals surface area contributed by atoms with Crippen LogP contribution in [0.15, 0.2) is 231 Å². The van der Waals surface area contributed by atoms with Gasteiger partial charge >= 0.3 is 0 Å². The van der Waals surface area contributed by atoms with Gasteiger partial charge in [0.25, 0.3) is 0 Å². The zero-order chi connectivity index (χ0) is 40.1. The SMILES string of the molecule is c1ccc(-c2cc(-c3ccc(-c4cc(-c5ccccc5)cc(-c5ccccc5)n4)cc3)cc(-c3ccc(-c4nc(-c5ccccc5)nc(-c5ccccc5)n4)cc3)c2)cc1. The molecule has 0 N–H and O–H groups in total. The smallest absolute Gasteiger partial charge is 0.164 e. The molecule has 0 bridgehead atoms. The van der Waals surface area contributed by atoms with Gasteiger partial charge in [0.1, 0.15) is 0 Å². The minimum atomic E-state index is 0.632. The maximum atomic E-state index is 5.17. The van der Waals surface area contributed by atoms with Crippen molar-refractivity contribution in [2.75, 3.05) is 0 Å². The average molecular weight is 767 g/mol. The van der Waals surface area contributed by atoms with Gasteiger partial charge in [-0.15, -0.1) is 0 Å². The van der Waals surface area contributed by atoms with Crippen LogP contribution >= 0.6 is 0 Å². The van der Waals surface area contributed by atoms with Gasteiger partial charge < -0.3 is 0 Å². The van der Waals surface area contributed by atoms with Gasteiger partial charge in [0.2, 0.25) is 0 Å². The fourth-order valence-corrected chi connectivity index (χ4v) is 7.57. The van der Waals surface area contributed by atoms with Gasteiger partial charge in [-0.05, 0) is 74.8 Å². The minimum Gasteiger partial charge on any atom is -0.248 e. The topological polar surface area (TPSA) is 51.6 Å². The number of pyridine rings is 1. The third-order valence-electron chi connectivity index (χ3n) is 10.7. The molecule has 0 aliphatic rings. The molecule has 10 rings (SSSR count). The molecule has 0 saturated carbocycles. The van der Waals surface area contributed by atoms with E-state index in [-0.39, 0.29) is 0 Å². The summed E-state index contributed by atoms with van der Waals surface area (Å²) < 4.78 is 0. The van der Waals surface area contributed by atoms with Gasteiger partial charge in [0, 0.05) is 27.8 Å². The Hall–Kier alpha value is -8.08. The Balaban J connectivity index is 1.01. The summed E-state index contributed by atoms with van der Waals surface area (Å²) in [5.74, 6) is 1.92. The highest BCUT2D eigenvalue weighted by Crippen LogP contribution is 2.36. The fraction of sp³-hybridized carbons (Fsp3) is 0. The molecule has 4 nitrogen and oxygen atoms in total. The summed E-state index contributed by atoms with van der Waals surface area (Å²) in [6, 6.07) is 80.2. The second-order valence-corrected chi connectivity index (χ2v) is 14.7. The molecule has 60 heavy (non-hydrogen) atoms. The predicted molar refractivity (Wildman–Crippen MR) is 247 cm³/mol. The molecular formula is C56H38N4. The number of nitrogens with zero attached hydrogens (tertiary/aromatic N) is 4. The van der Waals surface area contributed by atoms with Gasteiger partial charge in [-0.3, -0.25) is 0 Å². The highest BCUT2D eigenvalue weighted by atomic mass is 15.0. The Bertz CT molecular complexity index is 2720. The first kappa shape index (κ1) is 36.3. The van der Waals surface area contributed by atoms with E-state index in [2.05, 4.69) is 164 Å². The van der Waals surface area contributed by atoms with Crippen molar-refractivity contribution in [2.45, 2.75) is 0 Å². The third-order valence-corrected chi connectivity index (χ3v) is 10.7. The second-order valence-electron chi connectivity index (χ2n) is 14.7. The summed E-state index contributed by atoms with van der Waals surface area (Å²) in [7, 11) is 0. The monoisotopic (exact) mass is 766 g/mol. The van der Waals surface area contributed by atoms with Gasteiger partial charge in [0.05, 0.1) is 11.4 Å². The van der Waals surface area contributed by atoms with Crippen LogP contribution in [0, 0.1) is 0 Å². The van der Waals surface area contributed by atoms with Crippen molar-refractivity contribution in [1.29, 1.82) is 0 Å². The summed E-state index contributed by atoms with van der Waals surface area (Å²) in [5.41, 5.74) is 16.0. The van der Waals surface area contributed by atoms with Gasteiger partial charge in [-0.25, -0.2) is 19.9 Å². The Labute approximate surface area is 350 Å². The Morgan fingerprint density at radius 3 is 0.767 bits per heavy atom. The van der Waals surface area contributed by atoms with E-state index in [0.29, 0.717) is 17.5 Å². The summed E-state index contributed by atoms with van der Waals surface area (Å²) in [6.45, 7) is 0. The van der Waals surface area contributed by atoms with Crippen molar-refractivity contribution < 1.29 is 0 Å². The number of aromatic nitrogens is 4. The maximum Gasteiger partial charge on any atom is 0.164 e. The molecule has 2 heterocycles. The molecule has 4 heteroatoms. The molecule has 0 spiro atoms.